The Kier molecular flexibility index (Phi) is 71.2. The van der Waals surface area contributed by atoms with Crippen molar-refractivity contribution in [2.75, 3.05) is 0 Å². The molecule has 0 saturated carbocycles. The van der Waals surface area contributed by atoms with Crippen LogP contribution in [0.2, 0.25) is 0 Å². The molecule has 12 aromatic carbocycles. The van der Waals surface area contributed by atoms with Crippen molar-refractivity contribution in [3.8, 4) is 67.5 Å². The first-order chi connectivity index (χ1) is 70.1. The molecular weight excluding hydrogens is 1810 g/mol. The zero-order chi connectivity index (χ0) is 115. The number of benzene rings is 12. The molecular formula is C140H200O8. The summed E-state index contributed by atoms with van der Waals surface area (Å²) >= 11 is 0. The van der Waals surface area contributed by atoms with Crippen LogP contribution >= 0.6 is 0 Å². The van der Waals surface area contributed by atoms with Crippen LogP contribution in [0.5, 0.6) is 23.0 Å². The number of hydrogen-bond donors (Lipinski definition) is 0. The fraction of sp³-hybridized carbons (Fsp3) is 0.400. The lowest BCUT2D eigenvalue weighted by atomic mass is 9.86. The van der Waals surface area contributed by atoms with Gasteiger partial charge in [0, 0.05) is 24.3 Å². The van der Waals surface area contributed by atoms with Crippen LogP contribution in [0.4, 0.5) is 0 Å². The lowest BCUT2D eigenvalue weighted by Crippen LogP contribution is -2.11. The van der Waals surface area contributed by atoms with Gasteiger partial charge in [0.25, 0.3) is 0 Å². The molecule has 0 aliphatic heterocycles. The van der Waals surface area contributed by atoms with E-state index in [-0.39, 0.29) is 67.2 Å². The highest BCUT2D eigenvalue weighted by Gasteiger charge is 2.21. The highest BCUT2D eigenvalue weighted by atomic mass is 16.5. The summed E-state index contributed by atoms with van der Waals surface area (Å²) in [6.07, 6.45) is 13.0. The van der Waals surface area contributed by atoms with Gasteiger partial charge in [0.15, 0.2) is 0 Å². The van der Waals surface area contributed by atoms with Crippen molar-refractivity contribution in [3.05, 3.63) is 382 Å². The van der Waals surface area contributed by atoms with Crippen LogP contribution in [0.15, 0.2) is 315 Å². The fourth-order valence-corrected chi connectivity index (χ4v) is 13.1. The van der Waals surface area contributed by atoms with Gasteiger partial charge in [-0.15, -0.1) is 0 Å². The molecule has 0 aliphatic carbocycles. The Labute approximate surface area is 905 Å². The molecule has 0 bridgehead atoms. The van der Waals surface area contributed by atoms with Gasteiger partial charge in [-0.05, 0) is 227 Å². The highest BCUT2D eigenvalue weighted by Crippen LogP contribution is 2.35. The molecule has 0 aliphatic rings. The molecule has 0 aromatic heterocycles. The minimum absolute atomic E-state index is 0.0727. The molecule has 0 saturated heterocycles. The van der Waals surface area contributed by atoms with Crippen LogP contribution in [0.25, 0.3) is 68.8 Å². The number of carbonyl (C=O) groups is 4. The quantitative estimate of drug-likeness (QED) is 0.0535. The van der Waals surface area contributed by atoms with Gasteiger partial charge >= 0.3 is 23.9 Å². The Morgan fingerprint density at radius 2 is 0.230 bits per heavy atom. The van der Waals surface area contributed by atoms with Gasteiger partial charge in [-0.25, -0.2) is 19.2 Å². The molecule has 0 amide bonds. The molecule has 0 unspecified atom stereocenters. The summed E-state index contributed by atoms with van der Waals surface area (Å²) in [6, 6.07) is 98.0. The Morgan fingerprint density at radius 3 is 0.351 bits per heavy atom. The van der Waals surface area contributed by atoms with E-state index in [1.807, 2.05) is 312 Å². The SMILES string of the molecule is CC.CC.CC.CC.CC.CC.CC.CC.CC.CC.CC.CC.CC(C)(C)c1ccc(/C=C/C(=O)Oc2ccc(-c3ccc(C(C)(C)C)cc3)cc2)cc1.CC(C)(C)c1ccc(/C=C/C(=O)Oc2ccc(-c3ccc(C(C)(C)C)cc3)cc2)cc1.CC(C)(C)c1ccc(OC(=O)/C=C/c2ccc(-c3ccc(C(C)(C)C)cc3)cc2)cc1.CC(C)(C)c1ccc(OC(=O)/C=C/c2ccc(-c3ccc(C(C)(C)C)cc3)cc2)cc1. The molecule has 148 heavy (non-hydrogen) atoms. The largest absolute Gasteiger partial charge is 0.423 e. The molecule has 0 fully saturated rings. The summed E-state index contributed by atoms with van der Waals surface area (Å²) in [5.74, 6) is 0.633. The van der Waals surface area contributed by atoms with Crippen molar-refractivity contribution in [3.63, 3.8) is 0 Å². The van der Waals surface area contributed by atoms with Crippen molar-refractivity contribution in [2.45, 2.75) is 376 Å². The monoisotopic (exact) mass is 2010 g/mol. The zero-order valence-corrected chi connectivity index (χ0v) is 102. The topological polar surface area (TPSA) is 105 Å². The van der Waals surface area contributed by atoms with E-state index in [1.54, 1.807) is 24.3 Å². The van der Waals surface area contributed by atoms with E-state index >= 15 is 0 Å². The Bertz CT molecular complexity index is 5230. The second-order valence-electron chi connectivity index (χ2n) is 39.9. The number of carbonyl (C=O) groups excluding carboxylic acids is 4. The summed E-state index contributed by atoms with van der Waals surface area (Å²) < 4.78 is 21.7. The van der Waals surface area contributed by atoms with Gasteiger partial charge in [-0.1, -0.05) is 575 Å². The predicted octanol–water partition coefficient (Wildman–Crippen LogP) is 42.6. The van der Waals surface area contributed by atoms with E-state index in [0.717, 1.165) is 55.6 Å². The third-order valence-electron chi connectivity index (χ3n) is 21.4. The first kappa shape index (κ1) is 142. The number of esters is 4. The molecule has 8 nitrogen and oxygen atoms in total. The van der Waals surface area contributed by atoms with Crippen molar-refractivity contribution in [2.24, 2.45) is 0 Å². The maximum atomic E-state index is 12.2. The third kappa shape index (κ3) is 54.4. The van der Waals surface area contributed by atoms with E-state index in [9.17, 15) is 19.2 Å². The highest BCUT2D eigenvalue weighted by molar-refractivity contribution is 5.91. The second kappa shape index (κ2) is 74.4. The molecule has 8 heteroatoms. The van der Waals surface area contributed by atoms with Gasteiger partial charge < -0.3 is 18.9 Å². The van der Waals surface area contributed by atoms with Crippen LogP contribution in [-0.2, 0) is 62.5 Å². The molecule has 12 aromatic rings. The molecule has 0 spiro atoms. The van der Waals surface area contributed by atoms with Crippen molar-refractivity contribution < 1.29 is 38.1 Å². The first-order valence-electron chi connectivity index (χ1n) is 54.9. The van der Waals surface area contributed by atoms with Crippen molar-refractivity contribution >= 4 is 48.2 Å². The maximum Gasteiger partial charge on any atom is 0.336 e. The minimum atomic E-state index is -0.387. The fourth-order valence-electron chi connectivity index (χ4n) is 13.1. The average molecular weight is 2010 g/mol. The van der Waals surface area contributed by atoms with E-state index < -0.39 is 0 Å². The third-order valence-corrected chi connectivity index (χ3v) is 21.4. The van der Waals surface area contributed by atoms with Crippen LogP contribution in [0, 0.1) is 0 Å². The molecule has 808 valence electrons. The molecule has 12 rings (SSSR count). The zero-order valence-electron chi connectivity index (χ0n) is 102. The summed E-state index contributed by atoms with van der Waals surface area (Å²) in [7, 11) is 0. The maximum absolute atomic E-state index is 12.2. The average Bonchev–Trinajstić information content (AvgIpc) is 0.836. The molecule has 0 radical (unpaired) electrons. The van der Waals surface area contributed by atoms with Crippen molar-refractivity contribution in [1.82, 2.24) is 0 Å². The van der Waals surface area contributed by atoms with E-state index in [0.29, 0.717) is 23.0 Å². The van der Waals surface area contributed by atoms with E-state index in [4.69, 9.17) is 18.9 Å². The summed E-state index contributed by atoms with van der Waals surface area (Å²) in [5, 5.41) is 0. The van der Waals surface area contributed by atoms with Gasteiger partial charge in [-0.3, -0.25) is 0 Å². The van der Waals surface area contributed by atoms with Crippen LogP contribution in [0.1, 0.15) is 399 Å². The number of hydrogen-bond acceptors (Lipinski definition) is 8. The van der Waals surface area contributed by atoms with E-state index in [2.05, 4.69) is 312 Å². The lowest BCUT2D eigenvalue weighted by molar-refractivity contribution is -0.129. The van der Waals surface area contributed by atoms with Crippen LogP contribution in [-0.4, -0.2) is 23.9 Å². The first-order valence-corrected chi connectivity index (χ1v) is 54.9. The molecule has 0 heterocycles. The van der Waals surface area contributed by atoms with Gasteiger partial charge in [0.05, 0.1) is 0 Å². The summed E-state index contributed by atoms with van der Waals surface area (Å²) in [5.41, 5.74) is 24.1. The smallest absolute Gasteiger partial charge is 0.336 e. The second-order valence-corrected chi connectivity index (χ2v) is 39.9. The van der Waals surface area contributed by atoms with E-state index in [1.165, 1.54) is 79.9 Å². The molecule has 0 atom stereocenters. The van der Waals surface area contributed by atoms with Gasteiger partial charge in [-0.2, -0.15) is 0 Å². The standard InChI is InChI=1S/4C29H32O2.12C2H6/c2*1-28(2,3)24-14-7-21(8-15-24)9-20-27(30)31-26-18-12-23(13-19-26)22-10-16-25(17-11-22)29(4,5)6;2*1-28(2,3)24-14-12-23(13-15-24)22-10-7-21(8-11-22)9-20-27(30)31-26-18-16-25(17-19-26)29(4,5)6;12*1-2/h4*7-20H,1-6H3;12*1-2H3/b4*20-9+;;;;;;;;;;;;. The Morgan fingerprint density at radius 1 is 0.142 bits per heavy atom. The minimum Gasteiger partial charge on any atom is -0.423 e. The Hall–Kier alpha value is -12.5. The Balaban J connectivity index is -0.000000871. The van der Waals surface area contributed by atoms with Gasteiger partial charge in [0.2, 0.25) is 0 Å². The normalized spacial score (nSPS) is 10.7. The predicted molar refractivity (Wildman–Crippen MR) is 658 cm³/mol. The number of ether oxygens (including phenoxy) is 4. The number of rotatable bonds is 16. The summed E-state index contributed by atoms with van der Waals surface area (Å²) in [4.78, 5) is 48.7. The lowest BCUT2D eigenvalue weighted by Gasteiger charge is -2.19. The van der Waals surface area contributed by atoms with Crippen LogP contribution in [0.3, 0.4) is 0 Å². The summed E-state index contributed by atoms with van der Waals surface area (Å²) in [6.45, 7) is 101. The van der Waals surface area contributed by atoms with Gasteiger partial charge in [0.1, 0.15) is 23.0 Å². The molecule has 0 N–H and O–H groups in total. The van der Waals surface area contributed by atoms with Crippen molar-refractivity contribution in [1.29, 1.82) is 0 Å². The van der Waals surface area contributed by atoms with Crippen LogP contribution < -0.4 is 18.9 Å².